The normalized spacial score (nSPS) is 22.2. The number of ether oxygens (including phenoxy) is 6. The van der Waals surface area contributed by atoms with E-state index in [1.807, 2.05) is 13.8 Å². The first-order valence-electron chi connectivity index (χ1n) is 8.53. The number of aliphatic hydroxyl groups is 1. The Labute approximate surface area is 172 Å². The van der Waals surface area contributed by atoms with Gasteiger partial charge in [-0.3, -0.25) is 0 Å². The maximum absolute atomic E-state index is 9.50. The molecule has 28 heavy (non-hydrogen) atoms. The van der Waals surface area contributed by atoms with Crippen LogP contribution in [-0.2, 0) is 28.4 Å². The molecule has 1 N–H and O–H groups in total. The largest absolute Gasteiger partial charge is 0.388 e. The Hall–Kier alpha value is -0.800. The smallest absolute Gasteiger partial charge is 0.163 e. The number of epoxide rings is 1. The topological polar surface area (TPSA) is 78.9 Å². The van der Waals surface area contributed by atoms with E-state index >= 15 is 0 Å². The maximum atomic E-state index is 9.50. The molecular formula is C21H44O7. The van der Waals surface area contributed by atoms with Crippen molar-refractivity contribution in [1.29, 1.82) is 0 Å². The Kier molecular flexibility index (Phi) is 20.8. The lowest BCUT2D eigenvalue weighted by molar-refractivity contribution is -0.146. The molecule has 3 unspecified atom stereocenters. The predicted molar refractivity (Wildman–Crippen MR) is 114 cm³/mol. The van der Waals surface area contributed by atoms with Crippen molar-refractivity contribution in [2.24, 2.45) is 0 Å². The SMILES string of the molecule is C.C.C.C=CCOCC(O)COCC1COC(C)(C)O1.C=CCOCC1CO1. The van der Waals surface area contributed by atoms with E-state index in [-0.39, 0.29) is 41.6 Å². The molecule has 2 rings (SSSR count). The molecule has 7 heteroatoms. The Morgan fingerprint density at radius 2 is 1.50 bits per heavy atom. The summed E-state index contributed by atoms with van der Waals surface area (Å²) in [6.07, 6.45) is 3.08. The summed E-state index contributed by atoms with van der Waals surface area (Å²) in [7, 11) is 0. The number of hydrogen-bond donors (Lipinski definition) is 1. The van der Waals surface area contributed by atoms with Crippen molar-refractivity contribution in [2.75, 3.05) is 52.9 Å². The first-order valence-corrected chi connectivity index (χ1v) is 8.53. The van der Waals surface area contributed by atoms with Gasteiger partial charge in [0.25, 0.3) is 0 Å². The van der Waals surface area contributed by atoms with Crippen molar-refractivity contribution < 1.29 is 33.5 Å². The molecule has 3 atom stereocenters. The van der Waals surface area contributed by atoms with Gasteiger partial charge in [-0.15, -0.1) is 13.2 Å². The first-order chi connectivity index (χ1) is 12.0. The molecule has 2 heterocycles. The molecule has 2 aliphatic heterocycles. The highest BCUT2D eigenvalue weighted by atomic mass is 16.7. The average Bonchev–Trinajstić information content (AvgIpc) is 3.32. The number of hydrogen-bond acceptors (Lipinski definition) is 7. The van der Waals surface area contributed by atoms with Crippen molar-refractivity contribution in [2.45, 2.75) is 60.2 Å². The van der Waals surface area contributed by atoms with Gasteiger partial charge >= 0.3 is 0 Å². The van der Waals surface area contributed by atoms with Crippen LogP contribution in [0.25, 0.3) is 0 Å². The molecule has 0 aromatic rings. The van der Waals surface area contributed by atoms with Gasteiger partial charge in [-0.25, -0.2) is 0 Å². The molecule has 0 radical (unpaired) electrons. The van der Waals surface area contributed by atoms with Crippen LogP contribution < -0.4 is 0 Å². The van der Waals surface area contributed by atoms with Crippen LogP contribution in [-0.4, -0.2) is 82.1 Å². The minimum atomic E-state index is -0.620. The Morgan fingerprint density at radius 1 is 0.964 bits per heavy atom. The Balaban J connectivity index is -0.000000486. The summed E-state index contributed by atoms with van der Waals surface area (Å²) in [5.41, 5.74) is 0. The second kappa shape index (κ2) is 18.2. The molecule has 0 amide bonds. The molecule has 7 nitrogen and oxygen atoms in total. The van der Waals surface area contributed by atoms with Crippen LogP contribution in [0.4, 0.5) is 0 Å². The van der Waals surface area contributed by atoms with Gasteiger partial charge in [0.1, 0.15) is 18.3 Å². The zero-order valence-corrected chi connectivity index (χ0v) is 15.4. The maximum Gasteiger partial charge on any atom is 0.163 e. The third kappa shape index (κ3) is 17.3. The number of aliphatic hydroxyl groups excluding tert-OH is 1. The fraction of sp³-hybridized carbons (Fsp3) is 0.810. The van der Waals surface area contributed by atoms with E-state index in [4.69, 9.17) is 28.4 Å². The standard InChI is InChI=1S/C12H22O5.C6H10O2.3CH4/c1-4-5-14-6-10(13)7-15-8-11-9-16-12(2,3)17-11;1-2-3-7-4-6-5-8-6;;;/h4,10-11,13H,1,5-9H2,2-3H3;2,6H,1,3-5H2;3*1H4. The van der Waals surface area contributed by atoms with Crippen molar-refractivity contribution in [1.82, 2.24) is 0 Å². The molecule has 0 aromatic carbocycles. The fourth-order valence-corrected chi connectivity index (χ4v) is 1.96. The molecule has 170 valence electrons. The van der Waals surface area contributed by atoms with E-state index in [2.05, 4.69) is 13.2 Å². The van der Waals surface area contributed by atoms with Gasteiger partial charge in [0.15, 0.2) is 5.79 Å². The zero-order valence-electron chi connectivity index (χ0n) is 15.4. The summed E-state index contributed by atoms with van der Waals surface area (Å²) in [6.45, 7) is 14.9. The second-order valence-corrected chi connectivity index (χ2v) is 6.25. The predicted octanol–water partition coefficient (Wildman–Crippen LogP) is 3.21. The highest BCUT2D eigenvalue weighted by Gasteiger charge is 2.32. The highest BCUT2D eigenvalue weighted by molar-refractivity contribution is 4.71. The molecule has 2 fully saturated rings. The van der Waals surface area contributed by atoms with Crippen molar-refractivity contribution in [3.8, 4) is 0 Å². The molecule has 0 aromatic heterocycles. The van der Waals surface area contributed by atoms with Gasteiger partial charge in [-0.1, -0.05) is 34.4 Å². The lowest BCUT2D eigenvalue weighted by Gasteiger charge is -2.17. The summed E-state index contributed by atoms with van der Waals surface area (Å²) in [5, 5.41) is 9.50. The second-order valence-electron chi connectivity index (χ2n) is 6.25. The molecule has 0 saturated carbocycles. The summed E-state index contributed by atoms with van der Waals surface area (Å²) in [5.74, 6) is -0.528. The van der Waals surface area contributed by atoms with E-state index in [9.17, 15) is 5.11 Å². The Morgan fingerprint density at radius 3 is 2.00 bits per heavy atom. The van der Waals surface area contributed by atoms with Crippen LogP contribution >= 0.6 is 0 Å². The van der Waals surface area contributed by atoms with E-state index in [0.717, 1.165) is 13.2 Å². The molecule has 2 saturated heterocycles. The van der Waals surface area contributed by atoms with Gasteiger partial charge in [-0.05, 0) is 13.8 Å². The van der Waals surface area contributed by atoms with Crippen LogP contribution in [0.5, 0.6) is 0 Å². The first kappa shape index (κ1) is 31.9. The lowest BCUT2D eigenvalue weighted by Crippen LogP contribution is -2.27. The van der Waals surface area contributed by atoms with Crippen molar-refractivity contribution in [3.63, 3.8) is 0 Å². The van der Waals surface area contributed by atoms with Crippen molar-refractivity contribution >= 4 is 0 Å². The third-order valence-corrected chi connectivity index (χ3v) is 3.17. The summed E-state index contributed by atoms with van der Waals surface area (Å²) in [6, 6.07) is 0. The molecule has 2 aliphatic rings. The van der Waals surface area contributed by atoms with Crippen LogP contribution in [0.2, 0.25) is 0 Å². The van der Waals surface area contributed by atoms with Crippen LogP contribution in [0.15, 0.2) is 25.3 Å². The van der Waals surface area contributed by atoms with Gasteiger partial charge in [0, 0.05) is 0 Å². The summed E-state index contributed by atoms with van der Waals surface area (Å²) >= 11 is 0. The minimum Gasteiger partial charge on any atom is -0.388 e. The van der Waals surface area contributed by atoms with Gasteiger partial charge in [0.2, 0.25) is 0 Å². The highest BCUT2D eigenvalue weighted by Crippen LogP contribution is 2.22. The van der Waals surface area contributed by atoms with Crippen LogP contribution in [0.3, 0.4) is 0 Å². The third-order valence-electron chi connectivity index (χ3n) is 3.17. The van der Waals surface area contributed by atoms with Gasteiger partial charge in [-0.2, -0.15) is 0 Å². The van der Waals surface area contributed by atoms with Gasteiger partial charge < -0.3 is 33.5 Å². The minimum absolute atomic E-state index is 0. The zero-order chi connectivity index (χ0) is 18.5. The van der Waals surface area contributed by atoms with Crippen LogP contribution in [0.1, 0.15) is 36.1 Å². The van der Waals surface area contributed by atoms with Crippen LogP contribution in [0, 0.1) is 0 Å². The van der Waals surface area contributed by atoms with Crippen molar-refractivity contribution in [3.05, 3.63) is 25.3 Å². The lowest BCUT2D eigenvalue weighted by atomic mass is 10.4. The average molecular weight is 409 g/mol. The monoisotopic (exact) mass is 408 g/mol. The molecule has 0 aliphatic carbocycles. The molecule has 0 bridgehead atoms. The summed E-state index contributed by atoms with van der Waals surface area (Å²) in [4.78, 5) is 0. The fourth-order valence-electron chi connectivity index (χ4n) is 1.96. The number of rotatable bonds is 12. The quantitative estimate of drug-likeness (QED) is 0.302. The van der Waals surface area contributed by atoms with Gasteiger partial charge in [0.05, 0.1) is 52.9 Å². The van der Waals surface area contributed by atoms with E-state index in [0.29, 0.717) is 32.5 Å². The summed E-state index contributed by atoms with van der Waals surface area (Å²) < 4.78 is 31.3. The van der Waals surface area contributed by atoms with E-state index in [1.165, 1.54) is 0 Å². The Bertz CT molecular complexity index is 370. The molecular weight excluding hydrogens is 364 g/mol. The van der Waals surface area contributed by atoms with E-state index < -0.39 is 11.9 Å². The van der Waals surface area contributed by atoms with E-state index in [1.54, 1.807) is 12.2 Å². The molecule has 0 spiro atoms.